The minimum absolute atomic E-state index is 0.0314. The van der Waals surface area contributed by atoms with E-state index < -0.39 is 21.7 Å². The van der Waals surface area contributed by atoms with Crippen LogP contribution in [0.3, 0.4) is 0 Å². The average molecular weight is 368 g/mol. The number of hydrogen-bond acceptors (Lipinski definition) is 5. The Labute approximate surface area is 148 Å². The number of carbonyl (C=O) groups is 2. The topological polar surface area (TPSA) is 102 Å². The van der Waals surface area contributed by atoms with Gasteiger partial charge in [-0.25, -0.2) is 8.42 Å². The van der Waals surface area contributed by atoms with Crippen LogP contribution in [0.15, 0.2) is 24.3 Å². The Morgan fingerprint density at radius 2 is 1.96 bits per heavy atom. The van der Waals surface area contributed by atoms with Crippen LogP contribution in [0.2, 0.25) is 0 Å². The third kappa shape index (κ3) is 6.38. The molecule has 8 heteroatoms. The van der Waals surface area contributed by atoms with Gasteiger partial charge in [0, 0.05) is 6.42 Å². The Balaban J connectivity index is 1.70. The van der Waals surface area contributed by atoms with Crippen LogP contribution in [0.5, 0.6) is 5.75 Å². The highest BCUT2D eigenvalue weighted by Gasteiger charge is 2.29. The lowest BCUT2D eigenvalue weighted by Gasteiger charge is -2.12. The summed E-state index contributed by atoms with van der Waals surface area (Å²) in [6.07, 6.45) is 0.565. The van der Waals surface area contributed by atoms with E-state index in [1.807, 2.05) is 18.2 Å². The summed E-state index contributed by atoms with van der Waals surface area (Å²) >= 11 is 0. The minimum atomic E-state index is -3.01. The van der Waals surface area contributed by atoms with Crippen molar-refractivity contribution < 1.29 is 22.7 Å². The van der Waals surface area contributed by atoms with Gasteiger partial charge in [-0.15, -0.1) is 0 Å². The third-order valence-electron chi connectivity index (χ3n) is 4.04. The van der Waals surface area contributed by atoms with E-state index in [0.717, 1.165) is 5.56 Å². The molecule has 1 saturated heterocycles. The van der Waals surface area contributed by atoms with Crippen molar-refractivity contribution in [1.29, 1.82) is 0 Å². The van der Waals surface area contributed by atoms with Crippen LogP contribution in [0, 0.1) is 5.92 Å². The van der Waals surface area contributed by atoms with Crippen LogP contribution in [-0.2, 0) is 19.4 Å². The summed E-state index contributed by atoms with van der Waals surface area (Å²) in [7, 11) is -3.01. The Morgan fingerprint density at radius 3 is 2.60 bits per heavy atom. The number of benzene rings is 1. The van der Waals surface area contributed by atoms with E-state index in [1.54, 1.807) is 6.07 Å². The van der Waals surface area contributed by atoms with E-state index in [9.17, 15) is 18.0 Å². The van der Waals surface area contributed by atoms with Gasteiger partial charge in [-0.1, -0.05) is 26.0 Å². The minimum Gasteiger partial charge on any atom is -0.484 e. The zero-order valence-corrected chi connectivity index (χ0v) is 15.3. The van der Waals surface area contributed by atoms with Crippen LogP contribution >= 0.6 is 0 Å². The van der Waals surface area contributed by atoms with Gasteiger partial charge in [-0.3, -0.25) is 20.4 Å². The predicted molar refractivity (Wildman–Crippen MR) is 93.7 cm³/mol. The third-order valence-corrected chi connectivity index (χ3v) is 5.87. The van der Waals surface area contributed by atoms with Gasteiger partial charge in [0.1, 0.15) is 5.75 Å². The highest BCUT2D eigenvalue weighted by atomic mass is 32.2. The van der Waals surface area contributed by atoms with Crippen molar-refractivity contribution >= 4 is 21.7 Å². The van der Waals surface area contributed by atoms with Crippen molar-refractivity contribution in [3.63, 3.8) is 0 Å². The lowest BCUT2D eigenvalue weighted by molar-refractivity contribution is -0.130. The number of nitrogens with one attached hydrogen (secondary N) is 2. The molecule has 1 unspecified atom stereocenters. The van der Waals surface area contributed by atoms with Gasteiger partial charge in [0.2, 0.25) is 5.91 Å². The molecule has 2 N–H and O–H groups in total. The molecule has 0 bridgehead atoms. The Morgan fingerprint density at radius 1 is 1.24 bits per heavy atom. The molecule has 0 spiro atoms. The first-order valence-electron chi connectivity index (χ1n) is 8.26. The molecule has 0 aromatic heterocycles. The summed E-state index contributed by atoms with van der Waals surface area (Å²) in [5, 5.41) is 0. The van der Waals surface area contributed by atoms with Gasteiger partial charge in [0.25, 0.3) is 5.91 Å². The van der Waals surface area contributed by atoms with E-state index in [4.69, 9.17) is 4.74 Å². The van der Waals surface area contributed by atoms with Gasteiger partial charge in [0.05, 0.1) is 11.5 Å². The molecule has 7 nitrogen and oxygen atoms in total. The molecule has 2 amide bonds. The summed E-state index contributed by atoms with van der Waals surface area (Å²) in [6.45, 7) is 3.91. The van der Waals surface area contributed by atoms with Crippen molar-refractivity contribution in [1.82, 2.24) is 10.9 Å². The number of carbonyl (C=O) groups excluding carboxylic acids is 2. The number of ether oxygens (including phenoxy) is 1. The maximum absolute atomic E-state index is 11.7. The molecule has 0 saturated carbocycles. The van der Waals surface area contributed by atoms with E-state index in [1.165, 1.54) is 0 Å². The normalized spacial score (nSPS) is 18.8. The van der Waals surface area contributed by atoms with Crippen LogP contribution in [0.4, 0.5) is 0 Å². The lowest BCUT2D eigenvalue weighted by atomic mass is 10.0. The molecule has 1 atom stereocenters. The number of amides is 2. The van der Waals surface area contributed by atoms with Crippen LogP contribution in [0.25, 0.3) is 0 Å². The van der Waals surface area contributed by atoms with Crippen molar-refractivity contribution in [3.05, 3.63) is 29.8 Å². The number of sulfone groups is 1. The van der Waals surface area contributed by atoms with Crippen molar-refractivity contribution in [3.8, 4) is 5.75 Å². The largest absolute Gasteiger partial charge is 0.484 e. The molecule has 0 aliphatic carbocycles. The first kappa shape index (κ1) is 19.2. The van der Waals surface area contributed by atoms with Gasteiger partial charge in [-0.2, -0.15) is 0 Å². The summed E-state index contributed by atoms with van der Waals surface area (Å²) < 4.78 is 28.1. The molecule has 1 aliphatic rings. The summed E-state index contributed by atoms with van der Waals surface area (Å²) in [6, 6.07) is 7.48. The van der Waals surface area contributed by atoms with Crippen LogP contribution in [0.1, 0.15) is 38.2 Å². The van der Waals surface area contributed by atoms with E-state index in [2.05, 4.69) is 24.7 Å². The van der Waals surface area contributed by atoms with Crippen molar-refractivity contribution in [2.24, 2.45) is 5.92 Å². The number of rotatable bonds is 6. The molecule has 25 heavy (non-hydrogen) atoms. The second-order valence-electron chi connectivity index (χ2n) is 6.59. The smallest absolute Gasteiger partial charge is 0.276 e. The summed E-state index contributed by atoms with van der Waals surface area (Å²) in [5.41, 5.74) is 5.67. The monoisotopic (exact) mass is 368 g/mol. The molecule has 2 rings (SSSR count). The molecule has 1 aliphatic heterocycles. The first-order chi connectivity index (χ1) is 11.7. The Bertz CT molecular complexity index is 730. The number of hydrazine groups is 1. The van der Waals surface area contributed by atoms with Crippen molar-refractivity contribution in [2.45, 2.75) is 32.6 Å². The molecule has 1 fully saturated rings. The zero-order chi connectivity index (χ0) is 18.4. The lowest BCUT2D eigenvalue weighted by Crippen LogP contribution is -2.44. The van der Waals surface area contributed by atoms with Gasteiger partial charge in [0.15, 0.2) is 16.4 Å². The second-order valence-corrected chi connectivity index (χ2v) is 8.81. The molecule has 138 valence electrons. The first-order valence-corrected chi connectivity index (χ1v) is 10.1. The fraction of sp³-hybridized carbons (Fsp3) is 0.529. The predicted octanol–water partition coefficient (Wildman–Crippen LogP) is 1.16. The quantitative estimate of drug-likeness (QED) is 0.734. The SMILES string of the molecule is CC(C)c1cccc(OCC(=O)NNC(=O)CC2CCS(=O)(=O)C2)c1. The zero-order valence-electron chi connectivity index (χ0n) is 14.4. The fourth-order valence-corrected chi connectivity index (χ4v) is 4.50. The summed E-state index contributed by atoms with van der Waals surface area (Å²) in [5.74, 6) is 0.0287. The second kappa shape index (κ2) is 8.33. The highest BCUT2D eigenvalue weighted by molar-refractivity contribution is 7.91. The van der Waals surface area contributed by atoms with Gasteiger partial charge < -0.3 is 4.74 Å². The molecule has 1 heterocycles. The molecular weight excluding hydrogens is 344 g/mol. The Kier molecular flexibility index (Phi) is 6.41. The van der Waals surface area contributed by atoms with Crippen molar-refractivity contribution in [2.75, 3.05) is 18.1 Å². The standard InChI is InChI=1S/C17H24N2O5S/c1-12(2)14-4-3-5-15(9-14)24-10-17(21)19-18-16(20)8-13-6-7-25(22,23)11-13/h3-5,9,12-13H,6-8,10-11H2,1-2H3,(H,18,20)(H,19,21). The van der Waals surface area contributed by atoms with Crippen LogP contribution < -0.4 is 15.6 Å². The maximum atomic E-state index is 11.7. The molecular formula is C17H24N2O5S. The molecule has 0 radical (unpaired) electrons. The summed E-state index contributed by atoms with van der Waals surface area (Å²) in [4.78, 5) is 23.5. The molecule has 1 aromatic carbocycles. The fourth-order valence-electron chi connectivity index (χ4n) is 2.63. The molecule has 1 aromatic rings. The maximum Gasteiger partial charge on any atom is 0.276 e. The van der Waals surface area contributed by atoms with Gasteiger partial charge in [-0.05, 0) is 36.0 Å². The van der Waals surface area contributed by atoms with E-state index in [-0.39, 0.29) is 30.5 Å². The van der Waals surface area contributed by atoms with Gasteiger partial charge >= 0.3 is 0 Å². The van der Waals surface area contributed by atoms with E-state index in [0.29, 0.717) is 18.1 Å². The average Bonchev–Trinajstić information content (AvgIpc) is 2.89. The van der Waals surface area contributed by atoms with Crippen LogP contribution in [-0.4, -0.2) is 38.3 Å². The Hall–Kier alpha value is -2.09. The van der Waals surface area contributed by atoms with E-state index >= 15 is 0 Å². The number of hydrogen-bond donors (Lipinski definition) is 2. The highest BCUT2D eigenvalue weighted by Crippen LogP contribution is 2.21.